The van der Waals surface area contributed by atoms with Crippen LogP contribution in [0.15, 0.2) is 42.6 Å². The van der Waals surface area contributed by atoms with Crippen LogP contribution in [0.2, 0.25) is 5.02 Å². The molecule has 0 aliphatic rings. The summed E-state index contributed by atoms with van der Waals surface area (Å²) in [6.07, 6.45) is 0.974. The fourth-order valence-corrected chi connectivity index (χ4v) is 1.80. The molecular formula is C15H15ClN2O2. The number of ether oxygens (including phenoxy) is 1. The van der Waals surface area contributed by atoms with Gasteiger partial charge in [-0.25, -0.2) is 4.98 Å². The van der Waals surface area contributed by atoms with Gasteiger partial charge in [-0.2, -0.15) is 0 Å². The smallest absolute Gasteiger partial charge is 0.266 e. The van der Waals surface area contributed by atoms with E-state index in [0.29, 0.717) is 16.6 Å². The molecular weight excluding hydrogens is 276 g/mol. The first-order valence-corrected chi connectivity index (χ1v) is 6.59. The summed E-state index contributed by atoms with van der Waals surface area (Å²) in [6.45, 7) is 3.59. The Morgan fingerprint density at radius 3 is 2.80 bits per heavy atom. The van der Waals surface area contributed by atoms with Crippen LogP contribution in [0, 0.1) is 6.92 Å². The molecule has 0 saturated heterocycles. The second-order valence-corrected chi connectivity index (χ2v) is 4.81. The van der Waals surface area contributed by atoms with Gasteiger partial charge in [-0.3, -0.25) is 4.79 Å². The van der Waals surface area contributed by atoms with Crippen molar-refractivity contribution < 1.29 is 9.53 Å². The number of aryl methyl sites for hydroxylation is 1. The Kier molecular flexibility index (Phi) is 4.58. The number of hydrogen-bond acceptors (Lipinski definition) is 3. The van der Waals surface area contributed by atoms with Gasteiger partial charge in [0.05, 0.1) is 5.02 Å². The second-order valence-electron chi connectivity index (χ2n) is 4.40. The fourth-order valence-electron chi connectivity index (χ4n) is 1.62. The Hall–Kier alpha value is -2.07. The van der Waals surface area contributed by atoms with Crippen molar-refractivity contribution in [3.05, 3.63) is 53.2 Å². The summed E-state index contributed by atoms with van der Waals surface area (Å²) in [7, 11) is 0. The summed E-state index contributed by atoms with van der Waals surface area (Å²) < 4.78 is 5.54. The van der Waals surface area contributed by atoms with Crippen molar-refractivity contribution in [1.82, 2.24) is 4.98 Å². The van der Waals surface area contributed by atoms with Crippen LogP contribution in [-0.2, 0) is 4.79 Å². The number of hydrogen-bond donors (Lipinski definition) is 1. The normalized spacial score (nSPS) is 11.8. The summed E-state index contributed by atoms with van der Waals surface area (Å²) in [5, 5.41) is 3.18. The Balaban J connectivity index is 2.01. The standard InChI is InChI=1S/C15H15ClN2O2/c1-10-7-8-17-14(9-10)18-15(19)11(2)20-13-6-4-3-5-12(13)16/h3-9,11H,1-2H3,(H,17,18,19). The minimum absolute atomic E-state index is 0.275. The van der Waals surface area contributed by atoms with Gasteiger partial charge in [0.25, 0.3) is 5.91 Å². The molecule has 0 aliphatic heterocycles. The predicted molar refractivity (Wildman–Crippen MR) is 79.1 cm³/mol. The molecule has 1 unspecified atom stereocenters. The number of benzene rings is 1. The molecule has 1 aromatic heterocycles. The maximum absolute atomic E-state index is 12.0. The molecule has 0 saturated carbocycles. The van der Waals surface area contributed by atoms with Crippen LogP contribution < -0.4 is 10.1 Å². The van der Waals surface area contributed by atoms with Gasteiger partial charge in [0.2, 0.25) is 0 Å². The summed E-state index contributed by atoms with van der Waals surface area (Å²) in [6, 6.07) is 10.7. The number of anilines is 1. The van der Waals surface area contributed by atoms with Gasteiger partial charge in [0.15, 0.2) is 6.10 Å². The minimum Gasteiger partial charge on any atom is -0.479 e. The van der Waals surface area contributed by atoms with Gasteiger partial charge in [0, 0.05) is 6.20 Å². The highest BCUT2D eigenvalue weighted by atomic mass is 35.5. The van der Waals surface area contributed by atoms with Crippen molar-refractivity contribution >= 4 is 23.3 Å². The summed E-state index contributed by atoms with van der Waals surface area (Å²) in [5.41, 5.74) is 1.02. The molecule has 0 radical (unpaired) electrons. The van der Waals surface area contributed by atoms with Crippen molar-refractivity contribution in [2.45, 2.75) is 20.0 Å². The van der Waals surface area contributed by atoms with Crippen LogP contribution in [0.4, 0.5) is 5.82 Å². The highest BCUT2D eigenvalue weighted by Crippen LogP contribution is 2.24. The lowest BCUT2D eigenvalue weighted by molar-refractivity contribution is -0.122. The van der Waals surface area contributed by atoms with Crippen LogP contribution in [-0.4, -0.2) is 17.0 Å². The van der Waals surface area contributed by atoms with Crippen molar-refractivity contribution in [2.75, 3.05) is 5.32 Å². The first-order valence-electron chi connectivity index (χ1n) is 6.21. The average Bonchev–Trinajstić information content (AvgIpc) is 2.41. The van der Waals surface area contributed by atoms with E-state index in [9.17, 15) is 4.79 Å². The lowest BCUT2D eigenvalue weighted by Gasteiger charge is -2.15. The van der Waals surface area contributed by atoms with E-state index >= 15 is 0 Å². The highest BCUT2D eigenvalue weighted by Gasteiger charge is 2.16. The summed E-state index contributed by atoms with van der Waals surface area (Å²) in [5.74, 6) is 0.710. The monoisotopic (exact) mass is 290 g/mol. The molecule has 1 heterocycles. The lowest BCUT2D eigenvalue weighted by atomic mass is 10.3. The first-order chi connectivity index (χ1) is 9.56. The number of rotatable bonds is 4. The number of aromatic nitrogens is 1. The highest BCUT2D eigenvalue weighted by molar-refractivity contribution is 6.32. The van der Waals surface area contributed by atoms with Crippen LogP contribution in [0.1, 0.15) is 12.5 Å². The van der Waals surface area contributed by atoms with E-state index in [4.69, 9.17) is 16.3 Å². The molecule has 5 heteroatoms. The van der Waals surface area contributed by atoms with E-state index in [1.807, 2.05) is 13.0 Å². The zero-order valence-electron chi connectivity index (χ0n) is 11.3. The number of pyridine rings is 1. The van der Waals surface area contributed by atoms with Crippen LogP contribution in [0.5, 0.6) is 5.75 Å². The largest absolute Gasteiger partial charge is 0.479 e. The van der Waals surface area contributed by atoms with Gasteiger partial charge < -0.3 is 10.1 Å². The SMILES string of the molecule is Cc1ccnc(NC(=O)C(C)Oc2ccccc2Cl)c1. The average molecular weight is 291 g/mol. The van der Waals surface area contributed by atoms with Gasteiger partial charge >= 0.3 is 0 Å². The molecule has 4 nitrogen and oxygen atoms in total. The molecule has 1 atom stereocenters. The van der Waals surface area contributed by atoms with Gasteiger partial charge in [0.1, 0.15) is 11.6 Å². The quantitative estimate of drug-likeness (QED) is 0.938. The molecule has 0 bridgehead atoms. The fraction of sp³-hybridized carbons (Fsp3) is 0.200. The summed E-state index contributed by atoms with van der Waals surface area (Å²) >= 11 is 5.98. The number of carbonyl (C=O) groups excluding carboxylic acids is 1. The lowest BCUT2D eigenvalue weighted by Crippen LogP contribution is -2.30. The maximum atomic E-state index is 12.0. The number of carbonyl (C=O) groups is 1. The molecule has 2 aromatic rings. The molecule has 1 N–H and O–H groups in total. The third-order valence-corrected chi connectivity index (χ3v) is 2.99. The first kappa shape index (κ1) is 14.3. The maximum Gasteiger partial charge on any atom is 0.266 e. The second kappa shape index (κ2) is 6.39. The van der Waals surface area contributed by atoms with Crippen molar-refractivity contribution in [1.29, 1.82) is 0 Å². The van der Waals surface area contributed by atoms with E-state index in [-0.39, 0.29) is 5.91 Å². The topological polar surface area (TPSA) is 51.2 Å². The van der Waals surface area contributed by atoms with E-state index in [1.165, 1.54) is 0 Å². The van der Waals surface area contributed by atoms with E-state index in [1.54, 1.807) is 43.5 Å². The number of nitrogens with zero attached hydrogens (tertiary/aromatic N) is 1. The van der Waals surface area contributed by atoms with Gasteiger partial charge in [-0.05, 0) is 43.7 Å². The number of para-hydroxylation sites is 1. The minimum atomic E-state index is -0.669. The number of nitrogens with one attached hydrogen (secondary N) is 1. The van der Waals surface area contributed by atoms with Crippen LogP contribution in [0.3, 0.4) is 0 Å². The zero-order chi connectivity index (χ0) is 14.5. The van der Waals surface area contributed by atoms with Crippen molar-refractivity contribution in [2.24, 2.45) is 0 Å². The molecule has 0 spiro atoms. The molecule has 104 valence electrons. The molecule has 2 rings (SSSR count). The third kappa shape index (κ3) is 3.71. The van der Waals surface area contributed by atoms with Crippen LogP contribution >= 0.6 is 11.6 Å². The summed E-state index contributed by atoms with van der Waals surface area (Å²) in [4.78, 5) is 16.1. The Morgan fingerprint density at radius 1 is 1.35 bits per heavy atom. The van der Waals surface area contributed by atoms with Crippen molar-refractivity contribution in [3.8, 4) is 5.75 Å². The van der Waals surface area contributed by atoms with Gasteiger partial charge in [-0.15, -0.1) is 0 Å². The Bertz CT molecular complexity index is 616. The predicted octanol–water partition coefficient (Wildman–Crippen LogP) is 3.45. The molecule has 1 amide bonds. The number of amides is 1. The molecule has 1 aromatic carbocycles. The molecule has 0 aliphatic carbocycles. The molecule has 0 fully saturated rings. The van der Waals surface area contributed by atoms with Crippen LogP contribution in [0.25, 0.3) is 0 Å². The number of halogens is 1. The zero-order valence-corrected chi connectivity index (χ0v) is 12.0. The van der Waals surface area contributed by atoms with Gasteiger partial charge in [-0.1, -0.05) is 23.7 Å². The third-order valence-electron chi connectivity index (χ3n) is 2.68. The van der Waals surface area contributed by atoms with E-state index < -0.39 is 6.10 Å². The van der Waals surface area contributed by atoms with Crippen molar-refractivity contribution in [3.63, 3.8) is 0 Å². The van der Waals surface area contributed by atoms with E-state index in [0.717, 1.165) is 5.56 Å². The molecule has 20 heavy (non-hydrogen) atoms. The Morgan fingerprint density at radius 2 is 2.10 bits per heavy atom. The van der Waals surface area contributed by atoms with E-state index in [2.05, 4.69) is 10.3 Å². The Labute approximate surface area is 122 Å².